The molecule has 1 aliphatic rings. The number of aliphatic imine (C=N–C) groups is 1. The number of nitrogens with zero attached hydrogens (tertiary/aromatic N) is 2. The van der Waals surface area contributed by atoms with E-state index in [1.54, 1.807) is 0 Å². The van der Waals surface area contributed by atoms with Crippen LogP contribution in [0.3, 0.4) is 0 Å². The molecule has 0 amide bonds. The molecule has 1 aliphatic heterocycles. The maximum Gasteiger partial charge on any atom is 0.130 e. The van der Waals surface area contributed by atoms with Gasteiger partial charge in [-0.1, -0.05) is 212 Å². The van der Waals surface area contributed by atoms with Crippen molar-refractivity contribution in [3.8, 4) is 33.4 Å². The third-order valence-corrected chi connectivity index (χ3v) is 12.6. The number of amidine groups is 1. The largest absolute Gasteiger partial charge is 0.383 e. The highest BCUT2D eigenvalue weighted by Crippen LogP contribution is 2.46. The van der Waals surface area contributed by atoms with Crippen LogP contribution in [0.25, 0.3) is 54.9 Å². The quantitative estimate of drug-likeness (QED) is 0.0897. The Labute approximate surface area is 380 Å². The Morgan fingerprint density at radius 2 is 0.969 bits per heavy atom. The maximum atomic E-state index is 6.59. The molecule has 10 aromatic rings. The van der Waals surface area contributed by atoms with E-state index in [1.807, 2.05) is 36.4 Å². The van der Waals surface area contributed by atoms with E-state index < -0.39 is 0 Å². The number of nitrogens with one attached hydrogen (secondary N) is 2. The van der Waals surface area contributed by atoms with Crippen molar-refractivity contribution in [2.45, 2.75) is 18.9 Å². The zero-order valence-electron chi connectivity index (χ0n) is 35.9. The van der Waals surface area contributed by atoms with Gasteiger partial charge in [-0.05, 0) is 95.9 Å². The van der Waals surface area contributed by atoms with E-state index in [1.165, 1.54) is 66.2 Å². The van der Waals surface area contributed by atoms with Gasteiger partial charge in [0, 0.05) is 17.8 Å². The lowest BCUT2D eigenvalue weighted by Crippen LogP contribution is -2.23. The molecule has 2 atom stereocenters. The number of para-hydroxylation sites is 3. The molecular weight excluding hydrogens is 791 g/mol. The topological polar surface area (TPSA) is 65.7 Å². The number of hydrogen-bond acceptors (Lipinski definition) is 4. The second-order valence-corrected chi connectivity index (χ2v) is 16.6. The van der Waals surface area contributed by atoms with Gasteiger partial charge >= 0.3 is 0 Å². The number of benzene rings is 10. The average Bonchev–Trinajstić information content (AvgIpc) is 3.78. The standard InChI is InChI=1S/C60H47N5/c61-58(44-18-6-2-7-19-44)64-59(62-40-41-16-4-1-5-17-41)45-32-28-42(29-33-45)48-36-38-54(52-24-12-10-22-50(48)52)55-39-37-49(51-23-11-13-25-53(51)55)43-30-34-46(35-31-43)60-63-56-26-14-15-27-57(56)65(60)47-20-8-3-9-21-47/h1-39,59-60,62-63H,40H2,(H2,61,64). The second-order valence-electron chi connectivity index (χ2n) is 16.6. The lowest BCUT2D eigenvalue weighted by molar-refractivity contribution is 0.554. The van der Waals surface area contributed by atoms with E-state index in [0.29, 0.717) is 12.4 Å². The van der Waals surface area contributed by atoms with Crippen LogP contribution >= 0.6 is 0 Å². The van der Waals surface area contributed by atoms with Gasteiger partial charge in [-0.2, -0.15) is 0 Å². The molecule has 0 aliphatic carbocycles. The zero-order valence-corrected chi connectivity index (χ0v) is 35.9. The van der Waals surface area contributed by atoms with E-state index in [2.05, 4.69) is 216 Å². The van der Waals surface area contributed by atoms with Crippen molar-refractivity contribution in [3.05, 3.63) is 259 Å². The molecule has 5 heteroatoms. The van der Waals surface area contributed by atoms with Crippen LogP contribution in [0.15, 0.2) is 242 Å². The predicted octanol–water partition coefficient (Wildman–Crippen LogP) is 14.5. The summed E-state index contributed by atoms with van der Waals surface area (Å²) < 4.78 is 0. The third kappa shape index (κ3) is 7.79. The first-order chi connectivity index (χ1) is 32.2. The third-order valence-electron chi connectivity index (χ3n) is 12.6. The SMILES string of the molecule is NC(=NC(NCc1ccccc1)c1ccc(-c2ccc(-c3ccc(-c4ccc(C5Nc6ccccc6N5c5ccccc5)cc4)c4ccccc34)c3ccccc23)cc1)c1ccccc1. The van der Waals surface area contributed by atoms with Crippen LogP contribution in [0, 0.1) is 0 Å². The molecule has 11 rings (SSSR count). The van der Waals surface area contributed by atoms with Gasteiger partial charge in [0.25, 0.3) is 0 Å². The number of nitrogens with two attached hydrogens (primary N) is 1. The van der Waals surface area contributed by atoms with Crippen molar-refractivity contribution in [3.63, 3.8) is 0 Å². The van der Waals surface area contributed by atoms with Crippen molar-refractivity contribution in [2.75, 3.05) is 10.2 Å². The molecule has 0 aromatic heterocycles. The van der Waals surface area contributed by atoms with Crippen molar-refractivity contribution < 1.29 is 0 Å². The summed E-state index contributed by atoms with van der Waals surface area (Å²) in [6.45, 7) is 0.661. The van der Waals surface area contributed by atoms with Crippen LogP contribution in [0.1, 0.15) is 34.6 Å². The summed E-state index contributed by atoms with van der Waals surface area (Å²) in [6, 6.07) is 84.1. The molecule has 312 valence electrons. The fraction of sp³-hybridized carbons (Fsp3) is 0.0500. The van der Waals surface area contributed by atoms with Crippen LogP contribution in [-0.2, 0) is 6.54 Å². The smallest absolute Gasteiger partial charge is 0.130 e. The van der Waals surface area contributed by atoms with Crippen molar-refractivity contribution in [1.82, 2.24) is 5.32 Å². The fourth-order valence-electron chi connectivity index (χ4n) is 9.40. The molecule has 1 heterocycles. The fourth-order valence-corrected chi connectivity index (χ4v) is 9.40. The number of rotatable bonds is 11. The van der Waals surface area contributed by atoms with E-state index in [4.69, 9.17) is 10.7 Å². The highest BCUT2D eigenvalue weighted by Gasteiger charge is 2.31. The minimum atomic E-state index is -0.329. The molecule has 2 unspecified atom stereocenters. The lowest BCUT2D eigenvalue weighted by Gasteiger charge is -2.27. The Morgan fingerprint density at radius 1 is 0.492 bits per heavy atom. The Bertz CT molecular complexity index is 3290. The summed E-state index contributed by atoms with van der Waals surface area (Å²) in [5.74, 6) is 0.499. The average molecular weight is 838 g/mol. The van der Waals surface area contributed by atoms with Gasteiger partial charge in [0.05, 0.1) is 11.4 Å². The number of anilines is 3. The van der Waals surface area contributed by atoms with Gasteiger partial charge in [-0.3, -0.25) is 5.32 Å². The molecule has 10 aromatic carbocycles. The predicted molar refractivity (Wildman–Crippen MR) is 272 cm³/mol. The van der Waals surface area contributed by atoms with Gasteiger partial charge in [-0.25, -0.2) is 4.99 Å². The second kappa shape index (κ2) is 17.5. The zero-order chi connectivity index (χ0) is 43.5. The normalized spacial score (nSPS) is 14.0. The monoisotopic (exact) mass is 837 g/mol. The highest BCUT2D eigenvalue weighted by molar-refractivity contribution is 6.12. The molecule has 65 heavy (non-hydrogen) atoms. The first-order valence-corrected chi connectivity index (χ1v) is 22.3. The molecule has 0 saturated carbocycles. The molecule has 5 nitrogen and oxygen atoms in total. The van der Waals surface area contributed by atoms with Crippen LogP contribution < -0.4 is 21.3 Å². The van der Waals surface area contributed by atoms with E-state index >= 15 is 0 Å². The van der Waals surface area contributed by atoms with Gasteiger partial charge in [0.2, 0.25) is 0 Å². The van der Waals surface area contributed by atoms with Gasteiger partial charge < -0.3 is 16.0 Å². The van der Waals surface area contributed by atoms with Crippen LogP contribution in [0.5, 0.6) is 0 Å². The summed E-state index contributed by atoms with van der Waals surface area (Å²) in [4.78, 5) is 7.39. The Hall–Kier alpha value is -8.25. The van der Waals surface area contributed by atoms with Crippen LogP contribution in [0.2, 0.25) is 0 Å². The molecule has 0 spiro atoms. The van der Waals surface area contributed by atoms with Crippen molar-refractivity contribution in [1.29, 1.82) is 0 Å². The van der Waals surface area contributed by atoms with Crippen molar-refractivity contribution >= 4 is 44.4 Å². The minimum absolute atomic E-state index is 0.0190. The Balaban J connectivity index is 0.905. The van der Waals surface area contributed by atoms with Gasteiger partial charge in [0.1, 0.15) is 18.2 Å². The Morgan fingerprint density at radius 3 is 1.57 bits per heavy atom. The lowest BCUT2D eigenvalue weighted by atomic mass is 9.88. The summed E-state index contributed by atoms with van der Waals surface area (Å²) in [5, 5.41) is 12.3. The van der Waals surface area contributed by atoms with Crippen LogP contribution in [-0.4, -0.2) is 5.84 Å². The van der Waals surface area contributed by atoms with Gasteiger partial charge in [-0.15, -0.1) is 0 Å². The molecule has 0 radical (unpaired) electrons. The molecule has 0 bridgehead atoms. The van der Waals surface area contributed by atoms with E-state index in [0.717, 1.165) is 28.1 Å². The first-order valence-electron chi connectivity index (χ1n) is 22.3. The molecular formula is C60H47N5. The number of hydrogen-bond donors (Lipinski definition) is 3. The molecule has 4 N–H and O–H groups in total. The van der Waals surface area contributed by atoms with E-state index in [-0.39, 0.29) is 12.3 Å². The summed E-state index contributed by atoms with van der Waals surface area (Å²) in [7, 11) is 0. The minimum Gasteiger partial charge on any atom is -0.383 e. The number of fused-ring (bicyclic) bond motifs is 3. The molecule has 0 saturated heterocycles. The van der Waals surface area contributed by atoms with Crippen LogP contribution in [0.4, 0.5) is 17.1 Å². The maximum absolute atomic E-state index is 6.59. The summed E-state index contributed by atoms with van der Waals surface area (Å²) >= 11 is 0. The highest BCUT2D eigenvalue weighted by atomic mass is 15.3. The first kappa shape index (κ1) is 39.6. The van der Waals surface area contributed by atoms with Crippen molar-refractivity contribution in [2.24, 2.45) is 10.7 Å². The van der Waals surface area contributed by atoms with Gasteiger partial charge in [0.15, 0.2) is 0 Å². The van der Waals surface area contributed by atoms with E-state index in [9.17, 15) is 0 Å². The molecule has 0 fully saturated rings. The summed E-state index contributed by atoms with van der Waals surface area (Å²) in [6.07, 6.45) is -0.348. The Kier molecular flexibility index (Phi) is 10.7. The summed E-state index contributed by atoms with van der Waals surface area (Å²) in [5.41, 5.74) is 21.6.